The van der Waals surface area contributed by atoms with E-state index in [4.69, 9.17) is 0 Å². The molecule has 0 radical (unpaired) electrons. The Labute approximate surface area is 84.9 Å². The summed E-state index contributed by atoms with van der Waals surface area (Å²) in [7, 11) is 0. The van der Waals surface area contributed by atoms with Gasteiger partial charge in [0.25, 0.3) is 0 Å². The Balaban J connectivity index is 2.46. The van der Waals surface area contributed by atoms with Crippen molar-refractivity contribution in [3.05, 3.63) is 27.6 Å². The molecule has 0 aliphatic carbocycles. The van der Waals surface area contributed by atoms with Crippen molar-refractivity contribution in [2.24, 2.45) is 0 Å². The van der Waals surface area contributed by atoms with Gasteiger partial charge in [-0.15, -0.1) is 0 Å². The molecule has 1 aromatic rings. The Morgan fingerprint density at radius 3 is 3.00 bits per heavy atom. The minimum atomic E-state index is 0.188. The minimum absolute atomic E-state index is 0.188. The zero-order chi connectivity index (χ0) is 8.81. The van der Waals surface area contributed by atoms with Crippen LogP contribution in [0.5, 0.6) is 0 Å². The predicted octanol–water partition coefficient (Wildman–Crippen LogP) is -0.551. The molecular weight excluding hydrogens is 261 g/mol. The second kappa shape index (κ2) is 5.51. The summed E-state index contributed by atoms with van der Waals surface area (Å²) in [6, 6.07) is 4.18. The summed E-state index contributed by atoms with van der Waals surface area (Å²) in [5, 5.41) is 0. The molecule has 0 saturated carbocycles. The molecule has 12 heavy (non-hydrogen) atoms. The van der Waals surface area contributed by atoms with E-state index in [1.807, 2.05) is 12.3 Å². The number of halogens is 1. The Morgan fingerprint density at radius 2 is 2.33 bits per heavy atom. The molecule has 1 rings (SSSR count). The maximum absolute atomic E-state index is 4.40. The number of nitrogens with zero attached hydrogens (tertiary/aromatic N) is 1. The first-order valence-corrected chi connectivity index (χ1v) is 6.95. The van der Waals surface area contributed by atoms with Crippen LogP contribution in [0.4, 0.5) is 0 Å². The quantitative estimate of drug-likeness (QED) is 0.311. The molecule has 1 nitrogen and oxygen atoms in total. The third-order valence-corrected chi connectivity index (χ3v) is 4.81. The van der Waals surface area contributed by atoms with Crippen molar-refractivity contribution in [2.75, 3.05) is 4.43 Å². The molecule has 1 aromatic heterocycles. The summed E-state index contributed by atoms with van der Waals surface area (Å²) in [6.07, 6.45) is 4.59. The van der Waals surface area contributed by atoms with Gasteiger partial charge in [0.1, 0.15) is 0 Å². The SMILES string of the molecule is CCCC[I-]c1ncccc1C. The van der Waals surface area contributed by atoms with Gasteiger partial charge in [-0.2, -0.15) is 0 Å². The molecule has 2 heteroatoms. The zero-order valence-corrected chi connectivity index (χ0v) is 9.84. The van der Waals surface area contributed by atoms with E-state index in [1.165, 1.54) is 26.5 Å². The Bertz CT molecular complexity index is 235. The zero-order valence-electron chi connectivity index (χ0n) is 7.68. The van der Waals surface area contributed by atoms with Crippen LogP contribution in [0.15, 0.2) is 18.3 Å². The number of aryl methyl sites for hydroxylation is 1. The second-order valence-corrected chi connectivity index (χ2v) is 5.65. The first kappa shape index (κ1) is 9.96. The van der Waals surface area contributed by atoms with Crippen LogP contribution >= 0.6 is 0 Å². The van der Waals surface area contributed by atoms with E-state index < -0.39 is 0 Å². The number of rotatable bonds is 4. The normalized spacial score (nSPS) is 10.5. The predicted molar refractivity (Wildman–Crippen MR) is 47.4 cm³/mol. The Morgan fingerprint density at radius 1 is 1.50 bits per heavy atom. The molecule has 0 spiro atoms. The van der Waals surface area contributed by atoms with Crippen LogP contribution in [0.25, 0.3) is 0 Å². The van der Waals surface area contributed by atoms with Crippen molar-refractivity contribution in [3.63, 3.8) is 0 Å². The fourth-order valence-corrected chi connectivity index (χ4v) is 3.69. The molecule has 0 atom stereocenters. The Kier molecular flexibility index (Phi) is 4.58. The molecule has 0 aliphatic rings. The maximum atomic E-state index is 4.40. The molecular formula is C10H15IN-. The van der Waals surface area contributed by atoms with Crippen molar-refractivity contribution in [3.8, 4) is 0 Å². The van der Waals surface area contributed by atoms with Gasteiger partial charge in [-0.3, -0.25) is 0 Å². The average molecular weight is 276 g/mol. The van der Waals surface area contributed by atoms with Gasteiger partial charge in [0.05, 0.1) is 0 Å². The number of pyridine rings is 1. The fourth-order valence-electron chi connectivity index (χ4n) is 0.896. The molecule has 0 N–H and O–H groups in total. The van der Waals surface area contributed by atoms with E-state index in [9.17, 15) is 0 Å². The van der Waals surface area contributed by atoms with E-state index in [0.29, 0.717) is 0 Å². The summed E-state index contributed by atoms with van der Waals surface area (Å²) in [6.45, 7) is 4.41. The molecule has 0 aromatic carbocycles. The van der Waals surface area contributed by atoms with Crippen molar-refractivity contribution >= 4 is 0 Å². The van der Waals surface area contributed by atoms with E-state index in [0.717, 1.165) is 0 Å². The van der Waals surface area contributed by atoms with E-state index in [1.54, 1.807) is 0 Å². The van der Waals surface area contributed by atoms with Gasteiger partial charge >= 0.3 is 84.9 Å². The monoisotopic (exact) mass is 276 g/mol. The molecule has 0 saturated heterocycles. The van der Waals surface area contributed by atoms with Gasteiger partial charge in [-0.05, 0) is 0 Å². The van der Waals surface area contributed by atoms with Crippen molar-refractivity contribution in [2.45, 2.75) is 26.7 Å². The van der Waals surface area contributed by atoms with Crippen LogP contribution < -0.4 is 21.2 Å². The van der Waals surface area contributed by atoms with Crippen molar-refractivity contribution < 1.29 is 21.2 Å². The molecule has 0 amide bonds. The number of unbranched alkanes of at least 4 members (excludes halogenated alkanes) is 1. The number of aromatic nitrogens is 1. The average Bonchev–Trinajstić information content (AvgIpc) is 2.09. The van der Waals surface area contributed by atoms with Crippen molar-refractivity contribution in [1.82, 2.24) is 4.98 Å². The summed E-state index contributed by atoms with van der Waals surface area (Å²) in [5.41, 5.74) is 1.38. The standard InChI is InChI=1S/C10H15IN/c1-3-4-7-11-10-9(2)6-5-8-12-10/h5-6,8H,3-4,7H2,1-2H3/q-1. The van der Waals surface area contributed by atoms with Gasteiger partial charge in [0, 0.05) is 0 Å². The van der Waals surface area contributed by atoms with Crippen LogP contribution in [-0.2, 0) is 0 Å². The number of hydrogen-bond acceptors (Lipinski definition) is 1. The number of hydrogen-bond donors (Lipinski definition) is 0. The van der Waals surface area contributed by atoms with Gasteiger partial charge in [0.2, 0.25) is 0 Å². The van der Waals surface area contributed by atoms with Gasteiger partial charge < -0.3 is 0 Å². The third kappa shape index (κ3) is 3.09. The first-order valence-electron chi connectivity index (χ1n) is 4.35. The van der Waals surface area contributed by atoms with Crippen LogP contribution in [0.2, 0.25) is 0 Å². The fraction of sp³-hybridized carbons (Fsp3) is 0.500. The summed E-state index contributed by atoms with van der Waals surface area (Å²) in [4.78, 5) is 4.40. The summed E-state index contributed by atoms with van der Waals surface area (Å²) in [5.74, 6) is 0. The molecule has 0 unspecified atom stereocenters. The molecule has 1 heterocycles. The second-order valence-electron chi connectivity index (χ2n) is 2.79. The molecule has 0 fully saturated rings. The van der Waals surface area contributed by atoms with E-state index >= 15 is 0 Å². The topological polar surface area (TPSA) is 12.9 Å². The summed E-state index contributed by atoms with van der Waals surface area (Å²) >= 11 is 0.188. The molecule has 68 valence electrons. The Hall–Kier alpha value is -0.120. The van der Waals surface area contributed by atoms with Crippen LogP contribution in [-0.4, -0.2) is 9.41 Å². The van der Waals surface area contributed by atoms with Crippen molar-refractivity contribution in [1.29, 1.82) is 0 Å². The third-order valence-electron chi connectivity index (χ3n) is 1.65. The number of alkyl halides is 1. The van der Waals surface area contributed by atoms with Gasteiger partial charge in [-0.25, -0.2) is 0 Å². The molecule has 0 aliphatic heterocycles. The summed E-state index contributed by atoms with van der Waals surface area (Å²) < 4.78 is 2.76. The van der Waals surface area contributed by atoms with Gasteiger partial charge in [-0.1, -0.05) is 0 Å². The molecule has 0 bridgehead atoms. The van der Waals surface area contributed by atoms with Crippen LogP contribution in [0, 0.1) is 10.6 Å². The van der Waals surface area contributed by atoms with Crippen LogP contribution in [0.1, 0.15) is 25.3 Å². The van der Waals surface area contributed by atoms with E-state index in [2.05, 4.69) is 24.9 Å². The van der Waals surface area contributed by atoms with Crippen LogP contribution in [0.3, 0.4) is 0 Å². The van der Waals surface area contributed by atoms with E-state index in [-0.39, 0.29) is 21.2 Å². The first-order chi connectivity index (χ1) is 5.84. The van der Waals surface area contributed by atoms with Gasteiger partial charge in [0.15, 0.2) is 0 Å².